The largest absolute Gasteiger partial charge is 0.224 e. The number of thiophene rings is 1. The highest BCUT2D eigenvalue weighted by molar-refractivity contribution is 7.92. The van der Waals surface area contributed by atoms with Gasteiger partial charge in [0.25, 0.3) is 0 Å². The van der Waals surface area contributed by atoms with Crippen LogP contribution in [0.2, 0.25) is 0 Å². The molecule has 0 amide bonds. The van der Waals surface area contributed by atoms with E-state index in [1.165, 1.54) is 11.3 Å². The van der Waals surface area contributed by atoms with Crippen molar-refractivity contribution in [2.24, 2.45) is 0 Å². The van der Waals surface area contributed by atoms with E-state index in [2.05, 4.69) is 0 Å². The lowest BCUT2D eigenvalue weighted by Gasteiger charge is -2.14. The fourth-order valence-corrected chi connectivity index (χ4v) is 5.31. The Balaban J connectivity index is 2.77. The third-order valence-electron chi connectivity index (χ3n) is 2.24. The lowest BCUT2D eigenvalue weighted by Crippen LogP contribution is -2.18. The summed E-state index contributed by atoms with van der Waals surface area (Å²) < 4.78 is 23.1. The molecular formula is C8H10O2S2. The summed E-state index contributed by atoms with van der Waals surface area (Å²) >= 11 is 1.47. The first-order valence-corrected chi connectivity index (χ1v) is 6.32. The topological polar surface area (TPSA) is 34.1 Å². The van der Waals surface area contributed by atoms with Gasteiger partial charge in [-0.15, -0.1) is 0 Å². The van der Waals surface area contributed by atoms with Gasteiger partial charge in [0, 0.05) is 10.8 Å². The van der Waals surface area contributed by atoms with Gasteiger partial charge in [-0.3, -0.25) is 0 Å². The van der Waals surface area contributed by atoms with Gasteiger partial charge in [0.2, 0.25) is 0 Å². The van der Waals surface area contributed by atoms with Crippen LogP contribution in [0.1, 0.15) is 19.4 Å². The van der Waals surface area contributed by atoms with E-state index in [9.17, 15) is 8.42 Å². The van der Waals surface area contributed by atoms with E-state index in [0.29, 0.717) is 4.90 Å². The molecule has 0 aromatic carbocycles. The molecule has 0 spiro atoms. The molecule has 1 aliphatic rings. The second kappa shape index (κ2) is 2.12. The fourth-order valence-electron chi connectivity index (χ4n) is 1.65. The minimum absolute atomic E-state index is 0.186. The molecule has 0 unspecified atom stereocenters. The summed E-state index contributed by atoms with van der Waals surface area (Å²) in [6, 6.07) is 0. The predicted molar refractivity (Wildman–Crippen MR) is 49.4 cm³/mol. The molecule has 0 fully saturated rings. The Labute approximate surface area is 76.2 Å². The average Bonchev–Trinajstić information content (AvgIpc) is 2.34. The van der Waals surface area contributed by atoms with Gasteiger partial charge in [-0.25, -0.2) is 8.42 Å². The Bertz CT molecular complexity index is 412. The minimum atomic E-state index is -2.96. The van der Waals surface area contributed by atoms with E-state index in [1.807, 2.05) is 19.2 Å². The van der Waals surface area contributed by atoms with Crippen molar-refractivity contribution in [3.05, 3.63) is 16.3 Å². The molecule has 0 N–H and O–H groups in total. The number of fused-ring (bicyclic) bond motifs is 1. The number of hydrogen-bond donors (Lipinski definition) is 0. The van der Waals surface area contributed by atoms with Crippen LogP contribution in [0.25, 0.3) is 0 Å². The maximum atomic E-state index is 11.5. The molecule has 0 atom stereocenters. The van der Waals surface area contributed by atoms with Crippen LogP contribution in [0.15, 0.2) is 15.7 Å². The van der Waals surface area contributed by atoms with E-state index >= 15 is 0 Å². The van der Waals surface area contributed by atoms with Crippen molar-refractivity contribution in [2.45, 2.75) is 24.2 Å². The Hall–Kier alpha value is -0.350. The minimum Gasteiger partial charge on any atom is -0.224 e. The van der Waals surface area contributed by atoms with Crippen molar-refractivity contribution in [2.75, 3.05) is 5.75 Å². The Morgan fingerprint density at radius 3 is 2.67 bits per heavy atom. The normalized spacial score (nSPS) is 23.8. The highest BCUT2D eigenvalue weighted by atomic mass is 32.2. The SMILES string of the molecule is CC1(C)CS(=O)(=O)c2cscc21. The van der Waals surface area contributed by atoms with Crippen molar-refractivity contribution in [1.82, 2.24) is 0 Å². The first-order chi connectivity index (χ1) is 5.43. The van der Waals surface area contributed by atoms with Crippen molar-refractivity contribution in [3.8, 4) is 0 Å². The van der Waals surface area contributed by atoms with Crippen LogP contribution in [-0.2, 0) is 15.3 Å². The molecule has 1 aromatic rings. The molecular weight excluding hydrogens is 192 g/mol. The van der Waals surface area contributed by atoms with Gasteiger partial charge in [-0.05, 0) is 10.9 Å². The lowest BCUT2D eigenvalue weighted by molar-refractivity contribution is 0.573. The quantitative estimate of drug-likeness (QED) is 0.643. The second-order valence-corrected chi connectivity index (χ2v) is 6.49. The molecule has 0 saturated carbocycles. The molecule has 0 bridgehead atoms. The molecule has 0 radical (unpaired) electrons. The van der Waals surface area contributed by atoms with Crippen LogP contribution >= 0.6 is 11.3 Å². The number of hydrogen-bond acceptors (Lipinski definition) is 3. The molecule has 2 nitrogen and oxygen atoms in total. The Morgan fingerprint density at radius 1 is 1.42 bits per heavy atom. The summed E-state index contributed by atoms with van der Waals surface area (Å²) in [6.07, 6.45) is 0. The maximum Gasteiger partial charge on any atom is 0.180 e. The summed E-state index contributed by atoms with van der Waals surface area (Å²) in [5, 5.41) is 3.68. The Kier molecular flexibility index (Phi) is 1.46. The average molecular weight is 202 g/mol. The van der Waals surface area contributed by atoms with E-state index in [4.69, 9.17) is 0 Å². The summed E-state index contributed by atoms with van der Waals surface area (Å²) in [5.74, 6) is 0.262. The smallest absolute Gasteiger partial charge is 0.180 e. The first kappa shape index (κ1) is 8.26. The van der Waals surface area contributed by atoms with E-state index < -0.39 is 9.84 Å². The summed E-state index contributed by atoms with van der Waals surface area (Å²) in [4.78, 5) is 0.553. The Morgan fingerprint density at radius 2 is 2.08 bits per heavy atom. The molecule has 0 aliphatic carbocycles. The first-order valence-electron chi connectivity index (χ1n) is 3.73. The van der Waals surface area contributed by atoms with Crippen molar-refractivity contribution in [3.63, 3.8) is 0 Å². The van der Waals surface area contributed by atoms with Gasteiger partial charge >= 0.3 is 0 Å². The van der Waals surface area contributed by atoms with Gasteiger partial charge in [0.05, 0.1) is 10.6 Å². The lowest BCUT2D eigenvalue weighted by atomic mass is 9.90. The van der Waals surface area contributed by atoms with Gasteiger partial charge in [-0.1, -0.05) is 13.8 Å². The molecule has 12 heavy (non-hydrogen) atoms. The van der Waals surface area contributed by atoms with Crippen LogP contribution in [0, 0.1) is 0 Å². The van der Waals surface area contributed by atoms with Crippen molar-refractivity contribution >= 4 is 21.2 Å². The molecule has 1 aromatic heterocycles. The van der Waals surface area contributed by atoms with Gasteiger partial charge in [0.15, 0.2) is 9.84 Å². The van der Waals surface area contributed by atoms with Crippen LogP contribution in [0.3, 0.4) is 0 Å². The predicted octanol–water partition coefficient (Wildman–Crippen LogP) is 1.81. The second-order valence-electron chi connectivity index (χ2n) is 3.79. The van der Waals surface area contributed by atoms with E-state index in [0.717, 1.165) is 5.56 Å². The summed E-state index contributed by atoms with van der Waals surface area (Å²) in [6.45, 7) is 3.95. The van der Waals surface area contributed by atoms with Crippen LogP contribution in [0.4, 0.5) is 0 Å². The van der Waals surface area contributed by atoms with E-state index in [-0.39, 0.29) is 11.2 Å². The van der Waals surface area contributed by atoms with E-state index in [1.54, 1.807) is 5.38 Å². The number of sulfone groups is 1. The van der Waals surface area contributed by atoms with Crippen LogP contribution in [-0.4, -0.2) is 14.2 Å². The highest BCUT2D eigenvalue weighted by Gasteiger charge is 2.40. The molecule has 1 aliphatic heterocycles. The molecule has 2 heterocycles. The molecule has 2 rings (SSSR count). The standard InChI is InChI=1S/C8H10O2S2/c1-8(2)5-12(9,10)7-4-11-3-6(7)8/h3-4H,5H2,1-2H3. The zero-order chi connectivity index (χ0) is 8.98. The van der Waals surface area contributed by atoms with Crippen molar-refractivity contribution in [1.29, 1.82) is 0 Å². The summed E-state index contributed by atoms with van der Waals surface area (Å²) in [7, 11) is -2.96. The van der Waals surface area contributed by atoms with Gasteiger partial charge in [0.1, 0.15) is 0 Å². The zero-order valence-corrected chi connectivity index (χ0v) is 8.63. The maximum absolute atomic E-state index is 11.5. The highest BCUT2D eigenvalue weighted by Crippen LogP contribution is 2.41. The van der Waals surface area contributed by atoms with Gasteiger partial charge < -0.3 is 0 Å². The third-order valence-corrected chi connectivity index (χ3v) is 5.24. The zero-order valence-electron chi connectivity index (χ0n) is 6.99. The number of rotatable bonds is 0. The molecule has 0 saturated heterocycles. The van der Waals surface area contributed by atoms with Gasteiger partial charge in [-0.2, -0.15) is 11.3 Å². The van der Waals surface area contributed by atoms with Crippen molar-refractivity contribution < 1.29 is 8.42 Å². The fraction of sp³-hybridized carbons (Fsp3) is 0.500. The summed E-state index contributed by atoms with van der Waals surface area (Å²) in [5.41, 5.74) is 0.807. The van der Waals surface area contributed by atoms with Crippen LogP contribution in [0.5, 0.6) is 0 Å². The third kappa shape index (κ3) is 0.944. The monoisotopic (exact) mass is 202 g/mol. The van der Waals surface area contributed by atoms with Crippen LogP contribution < -0.4 is 0 Å². The molecule has 66 valence electrons. The molecule has 4 heteroatoms.